The highest BCUT2D eigenvalue weighted by atomic mass is 32.2. The van der Waals surface area contributed by atoms with Crippen LogP contribution in [0.2, 0.25) is 0 Å². The summed E-state index contributed by atoms with van der Waals surface area (Å²) in [6.07, 6.45) is 2.21. The molecule has 2 rings (SSSR count). The SMILES string of the molecule is Cc1noc(C)c1S(=O)(=O)NCC1(O)CCC1. The van der Waals surface area contributed by atoms with E-state index in [1.807, 2.05) is 0 Å². The van der Waals surface area contributed by atoms with E-state index in [2.05, 4.69) is 9.88 Å². The highest BCUT2D eigenvalue weighted by Gasteiger charge is 2.36. The molecule has 1 aromatic heterocycles. The van der Waals surface area contributed by atoms with Gasteiger partial charge in [-0.25, -0.2) is 13.1 Å². The van der Waals surface area contributed by atoms with Crippen molar-refractivity contribution in [2.24, 2.45) is 0 Å². The van der Waals surface area contributed by atoms with E-state index < -0.39 is 15.6 Å². The van der Waals surface area contributed by atoms with E-state index in [4.69, 9.17) is 4.52 Å². The van der Waals surface area contributed by atoms with Crippen molar-refractivity contribution in [3.8, 4) is 0 Å². The molecule has 7 heteroatoms. The Morgan fingerprint density at radius 1 is 1.47 bits per heavy atom. The van der Waals surface area contributed by atoms with Crippen molar-refractivity contribution >= 4 is 10.0 Å². The minimum atomic E-state index is -3.65. The molecular formula is C10H16N2O4S. The van der Waals surface area contributed by atoms with Crippen LogP contribution in [-0.4, -0.2) is 30.8 Å². The van der Waals surface area contributed by atoms with Crippen LogP contribution in [0.3, 0.4) is 0 Å². The van der Waals surface area contributed by atoms with Gasteiger partial charge in [-0.3, -0.25) is 0 Å². The van der Waals surface area contributed by atoms with Crippen LogP contribution in [0.1, 0.15) is 30.7 Å². The highest BCUT2D eigenvalue weighted by Crippen LogP contribution is 2.31. The number of hydrogen-bond donors (Lipinski definition) is 2. The molecule has 2 N–H and O–H groups in total. The van der Waals surface area contributed by atoms with Gasteiger partial charge >= 0.3 is 0 Å². The minimum Gasteiger partial charge on any atom is -0.389 e. The summed E-state index contributed by atoms with van der Waals surface area (Å²) in [5.74, 6) is 0.260. The van der Waals surface area contributed by atoms with E-state index >= 15 is 0 Å². The Kier molecular flexibility index (Phi) is 3.01. The van der Waals surface area contributed by atoms with Crippen LogP contribution in [0.15, 0.2) is 9.42 Å². The van der Waals surface area contributed by atoms with Crippen molar-refractivity contribution in [1.82, 2.24) is 9.88 Å². The van der Waals surface area contributed by atoms with Crippen LogP contribution in [0.5, 0.6) is 0 Å². The Bertz CT molecular complexity index is 497. The number of nitrogens with zero attached hydrogens (tertiary/aromatic N) is 1. The van der Waals surface area contributed by atoms with Gasteiger partial charge in [0.15, 0.2) is 5.76 Å². The maximum Gasteiger partial charge on any atom is 0.246 e. The summed E-state index contributed by atoms with van der Waals surface area (Å²) in [6, 6.07) is 0. The maximum absolute atomic E-state index is 12.0. The van der Waals surface area contributed by atoms with E-state index in [1.54, 1.807) is 13.8 Å². The van der Waals surface area contributed by atoms with Crippen molar-refractivity contribution < 1.29 is 18.0 Å². The van der Waals surface area contributed by atoms with Crippen LogP contribution in [0, 0.1) is 13.8 Å². The molecule has 0 atom stereocenters. The van der Waals surface area contributed by atoms with Crippen molar-refractivity contribution in [3.05, 3.63) is 11.5 Å². The first-order valence-electron chi connectivity index (χ1n) is 5.49. The lowest BCUT2D eigenvalue weighted by molar-refractivity contribution is -0.0271. The largest absolute Gasteiger partial charge is 0.389 e. The number of rotatable bonds is 4. The monoisotopic (exact) mass is 260 g/mol. The average molecular weight is 260 g/mol. The summed E-state index contributed by atoms with van der Waals surface area (Å²) in [5, 5.41) is 13.4. The zero-order valence-electron chi connectivity index (χ0n) is 9.86. The third-order valence-corrected chi connectivity index (χ3v) is 4.76. The van der Waals surface area contributed by atoms with Gasteiger partial charge in [0.1, 0.15) is 10.6 Å². The first kappa shape index (κ1) is 12.5. The van der Waals surface area contributed by atoms with Crippen molar-refractivity contribution in [3.63, 3.8) is 0 Å². The number of aromatic nitrogens is 1. The van der Waals surface area contributed by atoms with Crippen LogP contribution >= 0.6 is 0 Å². The lowest BCUT2D eigenvalue weighted by atomic mass is 9.81. The minimum absolute atomic E-state index is 0.0411. The van der Waals surface area contributed by atoms with Gasteiger partial charge in [-0.1, -0.05) is 5.16 Å². The van der Waals surface area contributed by atoms with Gasteiger partial charge < -0.3 is 9.63 Å². The lowest BCUT2D eigenvalue weighted by Gasteiger charge is -2.36. The van der Waals surface area contributed by atoms with Gasteiger partial charge in [-0.15, -0.1) is 0 Å². The quantitative estimate of drug-likeness (QED) is 0.821. The standard InChI is InChI=1S/C10H16N2O4S/c1-7-9(8(2)16-12-7)17(14,15)11-6-10(13)4-3-5-10/h11,13H,3-6H2,1-2H3. The smallest absolute Gasteiger partial charge is 0.246 e. The second kappa shape index (κ2) is 4.08. The fourth-order valence-electron chi connectivity index (χ4n) is 1.92. The normalized spacial score (nSPS) is 19.0. The number of sulfonamides is 1. The van der Waals surface area contributed by atoms with E-state index in [0.29, 0.717) is 18.5 Å². The van der Waals surface area contributed by atoms with Crippen molar-refractivity contribution in [1.29, 1.82) is 0 Å². The Morgan fingerprint density at radius 2 is 2.12 bits per heavy atom. The number of nitrogens with one attached hydrogen (secondary N) is 1. The second-order valence-corrected chi connectivity index (χ2v) is 6.26. The molecule has 96 valence electrons. The molecule has 1 aliphatic carbocycles. The third kappa shape index (κ3) is 2.36. The topological polar surface area (TPSA) is 92.4 Å². The van der Waals surface area contributed by atoms with Crippen LogP contribution in [0.25, 0.3) is 0 Å². The van der Waals surface area contributed by atoms with E-state index in [9.17, 15) is 13.5 Å². The number of aryl methyl sites for hydroxylation is 2. The molecule has 1 heterocycles. The summed E-state index contributed by atoms with van der Waals surface area (Å²) in [7, 11) is -3.65. The van der Waals surface area contributed by atoms with E-state index in [0.717, 1.165) is 6.42 Å². The van der Waals surface area contributed by atoms with Gasteiger partial charge in [0.05, 0.1) is 5.60 Å². The predicted molar refractivity (Wildman–Crippen MR) is 60.0 cm³/mol. The van der Waals surface area contributed by atoms with Gasteiger partial charge in [0.25, 0.3) is 0 Å². The first-order valence-corrected chi connectivity index (χ1v) is 6.97. The summed E-state index contributed by atoms with van der Waals surface area (Å²) in [4.78, 5) is 0.0698. The molecule has 0 unspecified atom stereocenters. The highest BCUT2D eigenvalue weighted by molar-refractivity contribution is 7.89. The zero-order chi connectivity index (χ0) is 12.7. The molecule has 0 saturated heterocycles. The molecule has 0 aromatic carbocycles. The molecule has 1 saturated carbocycles. The first-order chi connectivity index (χ1) is 7.84. The molecule has 0 aliphatic heterocycles. The number of hydrogen-bond acceptors (Lipinski definition) is 5. The summed E-state index contributed by atoms with van der Waals surface area (Å²) in [5.41, 5.74) is -0.554. The Labute approximate surface area is 100 Å². The van der Waals surface area contributed by atoms with Crippen molar-refractivity contribution in [2.45, 2.75) is 43.6 Å². The zero-order valence-corrected chi connectivity index (χ0v) is 10.7. The van der Waals surface area contributed by atoms with Crippen LogP contribution < -0.4 is 4.72 Å². The van der Waals surface area contributed by atoms with Crippen LogP contribution in [-0.2, 0) is 10.0 Å². The molecule has 0 radical (unpaired) electrons. The Balaban J connectivity index is 2.14. The molecule has 17 heavy (non-hydrogen) atoms. The molecule has 0 amide bonds. The van der Waals surface area contributed by atoms with Crippen LogP contribution in [0.4, 0.5) is 0 Å². The van der Waals surface area contributed by atoms with Gasteiger partial charge in [0.2, 0.25) is 10.0 Å². The van der Waals surface area contributed by atoms with Gasteiger partial charge in [-0.2, -0.15) is 0 Å². The summed E-state index contributed by atoms with van der Waals surface area (Å²) in [6.45, 7) is 3.16. The lowest BCUT2D eigenvalue weighted by Crippen LogP contribution is -2.47. The summed E-state index contributed by atoms with van der Waals surface area (Å²) < 4.78 is 31.2. The molecular weight excluding hydrogens is 244 g/mol. The summed E-state index contributed by atoms with van der Waals surface area (Å²) >= 11 is 0. The van der Waals surface area contributed by atoms with E-state index in [-0.39, 0.29) is 17.2 Å². The molecule has 6 nitrogen and oxygen atoms in total. The molecule has 1 aromatic rings. The Morgan fingerprint density at radius 3 is 2.53 bits per heavy atom. The fourth-order valence-corrected chi connectivity index (χ4v) is 3.37. The molecule has 1 fully saturated rings. The fraction of sp³-hybridized carbons (Fsp3) is 0.700. The number of aliphatic hydroxyl groups is 1. The maximum atomic E-state index is 12.0. The predicted octanol–water partition coefficient (Wildman–Crippen LogP) is 0.485. The second-order valence-electron chi connectivity index (χ2n) is 4.56. The van der Waals surface area contributed by atoms with E-state index in [1.165, 1.54) is 0 Å². The molecule has 0 spiro atoms. The van der Waals surface area contributed by atoms with Gasteiger partial charge in [-0.05, 0) is 33.1 Å². The molecule has 0 bridgehead atoms. The average Bonchev–Trinajstić information content (AvgIpc) is 2.53. The molecule has 1 aliphatic rings. The van der Waals surface area contributed by atoms with Crippen molar-refractivity contribution in [2.75, 3.05) is 6.54 Å². The van der Waals surface area contributed by atoms with Gasteiger partial charge in [0, 0.05) is 6.54 Å². The Hall–Kier alpha value is -0.920. The third-order valence-electron chi connectivity index (χ3n) is 3.11.